The second kappa shape index (κ2) is 8.71. The van der Waals surface area contributed by atoms with Crippen LogP contribution in [0.15, 0.2) is 54.6 Å². The average molecular weight is 506 g/mol. The molecule has 3 rings (SSSR count). The molecule has 0 bridgehead atoms. The Balaban J connectivity index is 1.70. The van der Waals surface area contributed by atoms with E-state index < -0.39 is 6.10 Å². The Morgan fingerprint density at radius 3 is 2.46 bits per heavy atom. The fourth-order valence-electron chi connectivity index (χ4n) is 3.60. The monoisotopic (exact) mass is 504 g/mol. The minimum absolute atomic E-state index is 0.0890. The van der Waals surface area contributed by atoms with Gasteiger partial charge in [-0.25, -0.2) is 0 Å². The number of halogens is 2. The third-order valence-corrected chi connectivity index (χ3v) is 6.01. The van der Waals surface area contributed by atoms with Gasteiger partial charge in [0, 0.05) is 5.56 Å². The van der Waals surface area contributed by atoms with Gasteiger partial charge < -0.3 is 9.47 Å². The van der Waals surface area contributed by atoms with E-state index in [1.54, 1.807) is 0 Å². The van der Waals surface area contributed by atoms with E-state index in [0.29, 0.717) is 5.75 Å². The van der Waals surface area contributed by atoms with E-state index in [2.05, 4.69) is 51.6 Å². The fraction of sp³-hybridized carbons (Fsp3) is 0.348. The maximum absolute atomic E-state index is 12.8. The van der Waals surface area contributed by atoms with E-state index in [1.807, 2.05) is 54.6 Å². The third kappa shape index (κ3) is 4.79. The molecule has 0 amide bonds. The third-order valence-electron chi connectivity index (χ3n) is 5.26. The lowest BCUT2D eigenvalue weighted by atomic mass is 10.1. The van der Waals surface area contributed by atoms with Crippen molar-refractivity contribution in [1.82, 2.24) is 0 Å². The van der Waals surface area contributed by atoms with E-state index >= 15 is 0 Å². The molecule has 2 aromatic carbocycles. The SMILES string of the molecule is C#CC(OC(=O)[C@H]1[C@H](CC(Br)Br)C1(C)C)c1cccc(Oc2ccccc2)c1. The highest BCUT2D eigenvalue weighted by atomic mass is 79.9. The van der Waals surface area contributed by atoms with Crippen molar-refractivity contribution in [2.45, 2.75) is 30.1 Å². The van der Waals surface area contributed by atoms with Crippen molar-refractivity contribution in [3.63, 3.8) is 0 Å². The summed E-state index contributed by atoms with van der Waals surface area (Å²) in [6, 6.07) is 16.8. The number of para-hydroxylation sites is 1. The summed E-state index contributed by atoms with van der Waals surface area (Å²) in [7, 11) is 0. The number of carbonyl (C=O) groups is 1. The summed E-state index contributed by atoms with van der Waals surface area (Å²) in [5, 5.41) is 0. The van der Waals surface area contributed by atoms with Gasteiger partial charge in [-0.15, -0.1) is 6.42 Å². The number of alkyl halides is 2. The normalized spacial score (nSPS) is 20.9. The largest absolute Gasteiger partial charge is 0.457 e. The molecule has 0 spiro atoms. The molecular weight excluding hydrogens is 484 g/mol. The molecule has 1 aliphatic rings. The van der Waals surface area contributed by atoms with Gasteiger partial charge in [0.05, 0.1) is 9.65 Å². The summed E-state index contributed by atoms with van der Waals surface area (Å²) >= 11 is 7.00. The number of hydrogen-bond donors (Lipinski definition) is 0. The molecule has 3 atom stereocenters. The van der Waals surface area contributed by atoms with Gasteiger partial charge in [-0.05, 0) is 42.0 Å². The second-order valence-electron chi connectivity index (χ2n) is 7.50. The maximum Gasteiger partial charge on any atom is 0.311 e. The molecule has 0 aromatic heterocycles. The second-order valence-corrected chi connectivity index (χ2v) is 10.9. The van der Waals surface area contributed by atoms with E-state index in [-0.39, 0.29) is 27.0 Å². The highest BCUT2D eigenvalue weighted by Gasteiger charge is 2.62. The predicted octanol–water partition coefficient (Wildman–Crippen LogP) is 6.47. The van der Waals surface area contributed by atoms with Crippen LogP contribution in [-0.4, -0.2) is 9.71 Å². The van der Waals surface area contributed by atoms with Gasteiger partial charge in [0.1, 0.15) is 11.5 Å². The van der Waals surface area contributed by atoms with Crippen LogP contribution in [0.3, 0.4) is 0 Å². The number of terminal acetylenes is 1. The van der Waals surface area contributed by atoms with Crippen molar-refractivity contribution in [3.05, 3.63) is 60.2 Å². The van der Waals surface area contributed by atoms with Gasteiger partial charge in [0.25, 0.3) is 0 Å². The minimum Gasteiger partial charge on any atom is -0.457 e. The molecule has 28 heavy (non-hydrogen) atoms. The minimum atomic E-state index is -0.743. The summed E-state index contributed by atoms with van der Waals surface area (Å²) < 4.78 is 11.7. The molecule has 0 saturated heterocycles. The van der Waals surface area contributed by atoms with Crippen LogP contribution in [0.4, 0.5) is 0 Å². The van der Waals surface area contributed by atoms with Gasteiger partial charge in [0.2, 0.25) is 0 Å². The molecule has 1 fully saturated rings. The standard InChI is InChI=1S/C23H22Br2O3/c1-4-19(28-22(26)21-18(14-20(24)25)23(21,2)3)15-9-8-12-17(13-15)27-16-10-6-5-7-11-16/h1,5-13,18-21H,14H2,2-3H3/t18-,19?,21+/m0/s1. The Bertz CT molecular complexity index is 871. The van der Waals surface area contributed by atoms with Crippen molar-refractivity contribution < 1.29 is 14.3 Å². The van der Waals surface area contributed by atoms with Crippen molar-refractivity contribution in [2.75, 3.05) is 0 Å². The Morgan fingerprint density at radius 2 is 1.82 bits per heavy atom. The summed E-state index contributed by atoms with van der Waals surface area (Å²) in [5.74, 6) is 3.83. The predicted molar refractivity (Wildman–Crippen MR) is 118 cm³/mol. The van der Waals surface area contributed by atoms with Gasteiger partial charge >= 0.3 is 5.97 Å². The smallest absolute Gasteiger partial charge is 0.311 e. The first-order chi connectivity index (χ1) is 13.3. The lowest BCUT2D eigenvalue weighted by molar-refractivity contribution is -0.149. The molecule has 1 saturated carbocycles. The Labute approximate surface area is 183 Å². The summed E-state index contributed by atoms with van der Waals surface area (Å²) in [6.45, 7) is 4.18. The molecule has 3 nitrogen and oxygen atoms in total. The van der Waals surface area contributed by atoms with Crippen molar-refractivity contribution in [1.29, 1.82) is 0 Å². The zero-order valence-electron chi connectivity index (χ0n) is 15.8. The molecule has 1 unspecified atom stereocenters. The first-order valence-electron chi connectivity index (χ1n) is 9.10. The number of esters is 1. The van der Waals surface area contributed by atoms with Crippen LogP contribution in [0.5, 0.6) is 11.5 Å². The van der Waals surface area contributed by atoms with Crippen molar-refractivity contribution in [2.24, 2.45) is 17.3 Å². The number of rotatable bonds is 7. The molecule has 146 valence electrons. The van der Waals surface area contributed by atoms with Crippen LogP contribution in [0.2, 0.25) is 0 Å². The van der Waals surface area contributed by atoms with E-state index in [1.165, 1.54) is 0 Å². The van der Waals surface area contributed by atoms with Gasteiger partial charge in [-0.1, -0.05) is 82.0 Å². The summed E-state index contributed by atoms with van der Waals surface area (Å²) in [6.07, 6.45) is 5.79. The molecule has 0 heterocycles. The summed E-state index contributed by atoms with van der Waals surface area (Å²) in [5.41, 5.74) is 0.632. The van der Waals surface area contributed by atoms with Crippen LogP contribution in [0.25, 0.3) is 0 Å². The van der Waals surface area contributed by atoms with Crippen LogP contribution < -0.4 is 4.74 Å². The van der Waals surface area contributed by atoms with E-state index in [9.17, 15) is 4.79 Å². The molecule has 1 aliphatic carbocycles. The molecule has 2 aromatic rings. The van der Waals surface area contributed by atoms with E-state index in [4.69, 9.17) is 15.9 Å². The Hall–Kier alpha value is -1.77. The molecule has 0 radical (unpaired) electrons. The van der Waals surface area contributed by atoms with Crippen LogP contribution in [0.1, 0.15) is 31.9 Å². The van der Waals surface area contributed by atoms with Crippen LogP contribution in [0, 0.1) is 29.6 Å². The topological polar surface area (TPSA) is 35.5 Å². The molecule has 5 heteroatoms. The van der Waals surface area contributed by atoms with E-state index in [0.717, 1.165) is 17.7 Å². The molecule has 0 N–H and O–H groups in total. The fourth-order valence-corrected chi connectivity index (χ4v) is 4.40. The first kappa shape index (κ1) is 21.0. The molecular formula is C23H22Br2O3. The van der Waals surface area contributed by atoms with Crippen molar-refractivity contribution in [3.8, 4) is 23.8 Å². The number of benzene rings is 2. The van der Waals surface area contributed by atoms with Crippen molar-refractivity contribution >= 4 is 37.8 Å². The zero-order valence-corrected chi connectivity index (χ0v) is 18.9. The Kier molecular flexibility index (Phi) is 6.52. The lowest BCUT2D eigenvalue weighted by Gasteiger charge is -2.15. The highest BCUT2D eigenvalue weighted by Crippen LogP contribution is 2.61. The van der Waals surface area contributed by atoms with Gasteiger partial charge in [-0.2, -0.15) is 0 Å². The maximum atomic E-state index is 12.8. The first-order valence-corrected chi connectivity index (χ1v) is 10.9. The van der Waals surface area contributed by atoms with Gasteiger partial charge in [0.15, 0.2) is 6.10 Å². The van der Waals surface area contributed by atoms with Gasteiger partial charge in [-0.3, -0.25) is 4.79 Å². The lowest BCUT2D eigenvalue weighted by Crippen LogP contribution is -2.14. The Morgan fingerprint density at radius 1 is 1.14 bits per heavy atom. The quantitative estimate of drug-likeness (QED) is 0.245. The summed E-state index contributed by atoms with van der Waals surface area (Å²) in [4.78, 5) is 12.8. The number of ether oxygens (including phenoxy) is 2. The van der Waals surface area contributed by atoms with Crippen LogP contribution >= 0.6 is 31.9 Å². The zero-order chi connectivity index (χ0) is 20.3. The average Bonchev–Trinajstić information content (AvgIpc) is 3.20. The van der Waals surface area contributed by atoms with Crippen LogP contribution in [-0.2, 0) is 9.53 Å². The number of hydrogen-bond acceptors (Lipinski definition) is 3. The number of carbonyl (C=O) groups excluding carboxylic acids is 1. The molecule has 0 aliphatic heterocycles. The highest BCUT2D eigenvalue weighted by molar-refractivity contribution is 9.24.